The summed E-state index contributed by atoms with van der Waals surface area (Å²) < 4.78 is 20.0. The number of benzene rings is 7. The van der Waals surface area contributed by atoms with Gasteiger partial charge in [-0.3, -0.25) is 0 Å². The Hall–Kier alpha value is -6.92. The van der Waals surface area contributed by atoms with Gasteiger partial charge < -0.3 is 19.3 Å². The monoisotopic (exact) mass is 925 g/mol. The van der Waals surface area contributed by atoms with Crippen LogP contribution in [0.25, 0.3) is 11.1 Å². The second-order valence-electron chi connectivity index (χ2n) is 22.0. The highest BCUT2D eigenvalue weighted by Gasteiger charge is 2.76. The molecule has 354 valence electrons. The van der Waals surface area contributed by atoms with Crippen LogP contribution in [0.3, 0.4) is 0 Å². The lowest BCUT2D eigenvalue weighted by molar-refractivity contribution is -0.866. The van der Waals surface area contributed by atoms with Crippen LogP contribution in [0.5, 0.6) is 11.5 Å². The van der Waals surface area contributed by atoms with Crippen molar-refractivity contribution in [3.63, 3.8) is 0 Å². The van der Waals surface area contributed by atoms with Crippen molar-refractivity contribution in [2.24, 2.45) is 0 Å². The molecule has 0 N–H and O–H groups in total. The summed E-state index contributed by atoms with van der Waals surface area (Å²) in [5, 5.41) is 0. The zero-order chi connectivity index (χ0) is 48.2. The summed E-state index contributed by atoms with van der Waals surface area (Å²) in [5.41, 5.74) is 15.7. The summed E-state index contributed by atoms with van der Waals surface area (Å²) in [6.07, 6.45) is 11.1. The molecule has 1 aliphatic carbocycles. The van der Waals surface area contributed by atoms with E-state index >= 15 is 0 Å². The summed E-state index contributed by atoms with van der Waals surface area (Å²) in [6, 6.07) is 59.2. The maximum Gasteiger partial charge on any atom is 0.704 e. The molecule has 2 fully saturated rings. The summed E-state index contributed by atoms with van der Waals surface area (Å²) in [6.45, 7) is 17.7. The van der Waals surface area contributed by atoms with Gasteiger partial charge in [0.05, 0.1) is 11.1 Å². The van der Waals surface area contributed by atoms with Crippen LogP contribution in [0.4, 0.5) is 22.7 Å². The van der Waals surface area contributed by atoms with Crippen LogP contribution in [-0.2, 0) is 23.7 Å². The molecular formula is C64H68N4O2+2. The molecule has 3 aliphatic heterocycles. The molecule has 3 unspecified atom stereocenters. The van der Waals surface area contributed by atoms with E-state index in [1.54, 1.807) is 0 Å². The Bertz CT molecular complexity index is 2910. The Morgan fingerprint density at radius 1 is 0.514 bits per heavy atom. The van der Waals surface area contributed by atoms with Crippen molar-refractivity contribution in [1.82, 2.24) is 0 Å². The van der Waals surface area contributed by atoms with Crippen LogP contribution in [0.1, 0.15) is 106 Å². The van der Waals surface area contributed by atoms with Crippen molar-refractivity contribution < 1.29 is 18.6 Å². The minimum Gasteiger partial charge on any atom is -0.341 e. The average Bonchev–Trinajstić information content (AvgIpc) is 3.64. The molecule has 3 atom stereocenters. The number of rotatable bonds is 11. The first-order valence-corrected chi connectivity index (χ1v) is 25.7. The van der Waals surface area contributed by atoms with Gasteiger partial charge in [0, 0.05) is 54.2 Å². The predicted octanol–water partition coefficient (Wildman–Crippen LogP) is 14.3. The first kappa shape index (κ1) is 45.5. The standard InChI is InChI=1S/C64H68N4O2/c1-45-39-48(40-49-43-67-57-33-20-21-34-58(57)68-44-50-41-51(62(2,3)4)42-56(63(5,6)7)61(50)70-64(67,68)69-60(45)49)59-46(35-37-65(52-25-12-8-13-26-52)53-27-14-9-15-28-53)23-22-24-47(59)36-38-66(54-29-16-10-17-30-54)55-31-18-11-19-32-55/h8-19,22-32,39-44,57-58H,20-21,33-38H2,1-7H3/q+2. The molecule has 6 heteroatoms. The quantitative estimate of drug-likeness (QED) is 0.121. The topological polar surface area (TPSA) is 31.0 Å². The van der Waals surface area contributed by atoms with E-state index < -0.39 is 6.03 Å². The van der Waals surface area contributed by atoms with Crippen molar-refractivity contribution in [3.8, 4) is 22.6 Å². The molecule has 11 rings (SSSR count). The Kier molecular flexibility index (Phi) is 11.8. The normalized spacial score (nSPS) is 19.0. The number of hydrogen-bond acceptors (Lipinski definition) is 4. The van der Waals surface area contributed by atoms with E-state index in [1.807, 2.05) is 0 Å². The van der Waals surface area contributed by atoms with Crippen molar-refractivity contribution in [2.45, 2.75) is 116 Å². The van der Waals surface area contributed by atoms with Gasteiger partial charge in [-0.2, -0.15) is 0 Å². The molecule has 1 saturated carbocycles. The highest BCUT2D eigenvalue weighted by Crippen LogP contribution is 2.49. The molecule has 3 heterocycles. The van der Waals surface area contributed by atoms with Gasteiger partial charge >= 0.3 is 6.03 Å². The van der Waals surface area contributed by atoms with Crippen molar-refractivity contribution >= 4 is 35.2 Å². The highest BCUT2D eigenvalue weighted by atomic mass is 16.7. The molecule has 0 aromatic heterocycles. The van der Waals surface area contributed by atoms with Gasteiger partial charge in [-0.25, -0.2) is 0 Å². The molecule has 7 aromatic rings. The summed E-state index contributed by atoms with van der Waals surface area (Å²) in [4.78, 5) is 4.91. The molecule has 0 amide bonds. The molecule has 70 heavy (non-hydrogen) atoms. The van der Waals surface area contributed by atoms with Gasteiger partial charge in [0.25, 0.3) is 0 Å². The molecule has 6 nitrogen and oxygen atoms in total. The lowest BCUT2D eigenvalue weighted by Crippen LogP contribution is -2.60. The molecule has 1 spiro atoms. The van der Waals surface area contributed by atoms with E-state index in [9.17, 15) is 0 Å². The van der Waals surface area contributed by atoms with Gasteiger partial charge in [0.1, 0.15) is 0 Å². The van der Waals surface area contributed by atoms with E-state index in [-0.39, 0.29) is 22.9 Å². The first-order valence-electron chi connectivity index (χ1n) is 25.7. The first-order chi connectivity index (χ1) is 33.9. The second-order valence-corrected chi connectivity index (χ2v) is 22.0. The van der Waals surface area contributed by atoms with Crippen molar-refractivity contribution in [3.05, 3.63) is 203 Å². The fraction of sp³-hybridized carbons (Fsp3) is 0.312. The zero-order valence-corrected chi connectivity index (χ0v) is 42.2. The summed E-state index contributed by atoms with van der Waals surface area (Å²) in [7, 11) is 0. The minimum atomic E-state index is -1.12. The third kappa shape index (κ3) is 8.39. The van der Waals surface area contributed by atoms with Gasteiger partial charge in [0.15, 0.2) is 23.9 Å². The highest BCUT2D eigenvalue weighted by molar-refractivity contribution is 5.88. The molecular weight excluding hydrogens is 857 g/mol. The van der Waals surface area contributed by atoms with Crippen LogP contribution in [0.15, 0.2) is 164 Å². The number of aryl methyl sites for hydroxylation is 1. The van der Waals surface area contributed by atoms with Crippen LogP contribution in [-0.4, -0.2) is 52.8 Å². The fourth-order valence-corrected chi connectivity index (χ4v) is 11.6. The Balaban J connectivity index is 1.03. The Morgan fingerprint density at radius 2 is 0.957 bits per heavy atom. The van der Waals surface area contributed by atoms with Gasteiger partial charge in [0.2, 0.25) is 12.1 Å². The average molecular weight is 925 g/mol. The molecule has 4 aliphatic rings. The minimum absolute atomic E-state index is 0.00385. The lowest BCUT2D eigenvalue weighted by atomic mass is 9.79. The van der Waals surface area contributed by atoms with Gasteiger partial charge in [-0.15, -0.1) is 0 Å². The molecule has 1 saturated heterocycles. The van der Waals surface area contributed by atoms with Crippen molar-refractivity contribution in [1.29, 1.82) is 0 Å². The number of para-hydroxylation sites is 4. The Morgan fingerprint density at radius 3 is 1.40 bits per heavy atom. The van der Waals surface area contributed by atoms with Crippen LogP contribution in [0.2, 0.25) is 0 Å². The number of nitrogens with zero attached hydrogens (tertiary/aromatic N) is 4. The lowest BCUT2D eigenvalue weighted by Gasteiger charge is -2.33. The smallest absolute Gasteiger partial charge is 0.341 e. The van der Waals surface area contributed by atoms with E-state index in [0.29, 0.717) is 0 Å². The molecule has 7 aromatic carbocycles. The van der Waals surface area contributed by atoms with Gasteiger partial charge in [-0.1, -0.05) is 148 Å². The third-order valence-corrected chi connectivity index (χ3v) is 15.2. The number of hydrogen-bond donors (Lipinski definition) is 0. The molecule has 0 bridgehead atoms. The summed E-state index contributed by atoms with van der Waals surface area (Å²) >= 11 is 0. The predicted molar refractivity (Wildman–Crippen MR) is 289 cm³/mol. The maximum atomic E-state index is 7.55. The Labute approximate surface area is 416 Å². The van der Waals surface area contributed by atoms with Crippen LogP contribution < -0.4 is 19.3 Å². The SMILES string of the molecule is Cc1cc(-c2c(CCN(c3ccccc3)c3ccccc3)cccc2CCN(c2ccccc2)c2ccccc2)cc2c1OC13Oc4c(cc(C(C)(C)C)cc4C(C)(C)C)C=[N+]1C1CCCCC1[N+]3=C2. The second kappa shape index (κ2) is 18.1. The number of ether oxygens (including phenoxy) is 2. The zero-order valence-electron chi connectivity index (χ0n) is 42.2. The maximum absolute atomic E-state index is 7.55. The van der Waals surface area contributed by atoms with E-state index in [1.165, 1.54) is 69.0 Å². The number of fused-ring (bicyclic) bond motifs is 5. The largest absolute Gasteiger partial charge is 0.704 e. The van der Waals surface area contributed by atoms with E-state index in [4.69, 9.17) is 9.47 Å². The fourth-order valence-electron chi connectivity index (χ4n) is 11.6. The van der Waals surface area contributed by atoms with Gasteiger partial charge in [-0.05, 0) is 144 Å². The summed E-state index contributed by atoms with van der Waals surface area (Å²) in [5.74, 6) is 1.83. The van der Waals surface area contributed by atoms with E-state index in [0.717, 1.165) is 67.0 Å². The number of anilines is 4. The third-order valence-electron chi connectivity index (χ3n) is 15.2. The molecule has 0 radical (unpaired) electrons. The van der Waals surface area contributed by atoms with Crippen LogP contribution in [0, 0.1) is 6.92 Å². The van der Waals surface area contributed by atoms with E-state index in [2.05, 4.69) is 244 Å². The van der Waals surface area contributed by atoms with Crippen LogP contribution >= 0.6 is 0 Å². The van der Waals surface area contributed by atoms with Crippen molar-refractivity contribution in [2.75, 3.05) is 22.9 Å².